The molecular weight excluding hydrogens is 332 g/mol. The Bertz CT molecular complexity index is 784. The standard InChI is InChI=1S/C13H13ClN2O3S2/c1-8-9(14)3-2-4-12(8)21(18,19)16-10-5-6-20-11(10)7-13(15)17/h2-6,16H,7H2,1H3,(H2,15,17). The highest BCUT2D eigenvalue weighted by Crippen LogP contribution is 2.28. The Morgan fingerprint density at radius 2 is 2.10 bits per heavy atom. The number of primary amides is 1. The summed E-state index contributed by atoms with van der Waals surface area (Å²) in [5.41, 5.74) is 5.97. The number of nitrogens with two attached hydrogens (primary N) is 1. The number of amides is 1. The molecule has 0 radical (unpaired) electrons. The zero-order valence-electron chi connectivity index (χ0n) is 11.1. The van der Waals surface area contributed by atoms with E-state index in [-0.39, 0.29) is 11.3 Å². The third-order valence-corrected chi connectivity index (χ3v) is 5.67. The van der Waals surface area contributed by atoms with Gasteiger partial charge in [0.25, 0.3) is 10.0 Å². The average Bonchev–Trinajstić information content (AvgIpc) is 2.78. The zero-order valence-corrected chi connectivity index (χ0v) is 13.5. The van der Waals surface area contributed by atoms with E-state index in [0.717, 1.165) is 0 Å². The fourth-order valence-electron chi connectivity index (χ4n) is 1.81. The lowest BCUT2D eigenvalue weighted by Gasteiger charge is -2.11. The minimum absolute atomic E-state index is 0.00987. The van der Waals surface area contributed by atoms with E-state index in [4.69, 9.17) is 17.3 Å². The third-order valence-electron chi connectivity index (χ3n) is 2.83. The second kappa shape index (κ2) is 6.05. The van der Waals surface area contributed by atoms with Gasteiger partial charge in [-0.2, -0.15) is 0 Å². The van der Waals surface area contributed by atoms with Crippen molar-refractivity contribution in [2.75, 3.05) is 4.72 Å². The first-order valence-corrected chi connectivity index (χ1v) is 8.68. The molecule has 0 aliphatic rings. The number of carbonyl (C=O) groups excluding carboxylic acids is 1. The van der Waals surface area contributed by atoms with Crippen molar-refractivity contribution in [1.82, 2.24) is 0 Å². The van der Waals surface area contributed by atoms with Gasteiger partial charge < -0.3 is 5.73 Å². The SMILES string of the molecule is Cc1c(Cl)cccc1S(=O)(=O)Nc1ccsc1CC(N)=O. The van der Waals surface area contributed by atoms with Crippen LogP contribution in [0.25, 0.3) is 0 Å². The highest BCUT2D eigenvalue weighted by Gasteiger charge is 2.20. The fraction of sp³-hybridized carbons (Fsp3) is 0.154. The monoisotopic (exact) mass is 344 g/mol. The normalized spacial score (nSPS) is 11.3. The number of halogens is 1. The summed E-state index contributed by atoms with van der Waals surface area (Å²) in [6.07, 6.45) is -0.00987. The molecule has 1 heterocycles. The molecule has 21 heavy (non-hydrogen) atoms. The van der Waals surface area contributed by atoms with Crippen LogP contribution in [0.3, 0.4) is 0 Å². The quantitative estimate of drug-likeness (QED) is 0.873. The summed E-state index contributed by atoms with van der Waals surface area (Å²) in [7, 11) is -3.77. The van der Waals surface area contributed by atoms with Gasteiger partial charge in [0.15, 0.2) is 0 Å². The van der Waals surface area contributed by atoms with Crippen molar-refractivity contribution < 1.29 is 13.2 Å². The molecule has 1 aromatic heterocycles. The molecule has 2 aromatic rings. The Labute approximate surface area is 131 Å². The second-order valence-corrected chi connectivity index (χ2v) is 7.43. The summed E-state index contributed by atoms with van der Waals surface area (Å²) in [4.78, 5) is 11.7. The molecule has 1 amide bonds. The van der Waals surface area contributed by atoms with Crippen LogP contribution in [-0.4, -0.2) is 14.3 Å². The van der Waals surface area contributed by atoms with Gasteiger partial charge in [0, 0.05) is 9.90 Å². The first kappa shape index (κ1) is 15.8. The minimum Gasteiger partial charge on any atom is -0.369 e. The molecule has 0 aliphatic heterocycles. The molecule has 5 nitrogen and oxygen atoms in total. The summed E-state index contributed by atoms with van der Waals surface area (Å²) in [6, 6.07) is 6.27. The molecule has 0 saturated heterocycles. The Morgan fingerprint density at radius 1 is 1.38 bits per heavy atom. The predicted molar refractivity (Wildman–Crippen MR) is 84.2 cm³/mol. The van der Waals surface area contributed by atoms with Crippen molar-refractivity contribution >= 4 is 44.6 Å². The van der Waals surface area contributed by atoms with Crippen LogP contribution in [0.1, 0.15) is 10.4 Å². The summed E-state index contributed by atoms with van der Waals surface area (Å²) in [6.45, 7) is 1.63. The largest absolute Gasteiger partial charge is 0.369 e. The van der Waals surface area contributed by atoms with Crippen LogP contribution < -0.4 is 10.5 Å². The fourth-order valence-corrected chi connectivity index (χ4v) is 4.30. The van der Waals surface area contributed by atoms with E-state index in [9.17, 15) is 13.2 Å². The van der Waals surface area contributed by atoms with Gasteiger partial charge >= 0.3 is 0 Å². The zero-order chi connectivity index (χ0) is 15.6. The summed E-state index contributed by atoms with van der Waals surface area (Å²) >= 11 is 7.22. The van der Waals surface area contributed by atoms with Crippen molar-refractivity contribution in [3.05, 3.63) is 45.1 Å². The van der Waals surface area contributed by atoms with Crippen molar-refractivity contribution in [3.8, 4) is 0 Å². The number of nitrogens with one attached hydrogen (secondary N) is 1. The van der Waals surface area contributed by atoms with Crippen LogP contribution >= 0.6 is 22.9 Å². The van der Waals surface area contributed by atoms with E-state index >= 15 is 0 Å². The molecule has 112 valence electrons. The topological polar surface area (TPSA) is 89.3 Å². The van der Waals surface area contributed by atoms with Gasteiger partial charge in [-0.25, -0.2) is 8.42 Å². The van der Waals surface area contributed by atoms with Gasteiger partial charge in [-0.1, -0.05) is 17.7 Å². The highest BCUT2D eigenvalue weighted by molar-refractivity contribution is 7.92. The van der Waals surface area contributed by atoms with E-state index < -0.39 is 15.9 Å². The Kier molecular flexibility index (Phi) is 4.55. The van der Waals surface area contributed by atoms with E-state index in [2.05, 4.69) is 4.72 Å². The number of carbonyl (C=O) groups is 1. The third kappa shape index (κ3) is 3.55. The van der Waals surface area contributed by atoms with Gasteiger partial charge in [0.05, 0.1) is 17.0 Å². The lowest BCUT2D eigenvalue weighted by atomic mass is 10.2. The Balaban J connectivity index is 2.36. The lowest BCUT2D eigenvalue weighted by molar-refractivity contribution is -0.117. The van der Waals surface area contributed by atoms with Gasteiger partial charge in [-0.15, -0.1) is 11.3 Å². The van der Waals surface area contributed by atoms with Crippen molar-refractivity contribution in [2.45, 2.75) is 18.2 Å². The minimum atomic E-state index is -3.77. The molecule has 0 fully saturated rings. The Hall–Kier alpha value is -1.57. The van der Waals surface area contributed by atoms with Crippen molar-refractivity contribution in [2.24, 2.45) is 5.73 Å². The molecule has 0 atom stereocenters. The highest BCUT2D eigenvalue weighted by atomic mass is 35.5. The van der Waals surface area contributed by atoms with E-state index in [0.29, 0.717) is 21.2 Å². The van der Waals surface area contributed by atoms with Crippen LogP contribution in [0.4, 0.5) is 5.69 Å². The van der Waals surface area contributed by atoms with E-state index in [1.54, 1.807) is 30.5 Å². The molecule has 0 bridgehead atoms. The molecule has 8 heteroatoms. The molecule has 1 aromatic carbocycles. The smallest absolute Gasteiger partial charge is 0.262 e. The van der Waals surface area contributed by atoms with Crippen LogP contribution in [0.2, 0.25) is 5.02 Å². The lowest BCUT2D eigenvalue weighted by Crippen LogP contribution is -2.17. The first-order chi connectivity index (χ1) is 9.81. The van der Waals surface area contributed by atoms with Crippen molar-refractivity contribution in [1.29, 1.82) is 0 Å². The molecule has 0 aliphatic carbocycles. The number of sulfonamides is 1. The number of anilines is 1. The molecular formula is C13H13ClN2O3S2. The van der Waals surface area contributed by atoms with Crippen LogP contribution in [0.5, 0.6) is 0 Å². The van der Waals surface area contributed by atoms with E-state index in [1.165, 1.54) is 17.4 Å². The number of thiophene rings is 1. The predicted octanol–water partition coefficient (Wildman–Crippen LogP) is 2.54. The van der Waals surface area contributed by atoms with Crippen LogP contribution in [0, 0.1) is 6.92 Å². The molecule has 0 unspecified atom stereocenters. The van der Waals surface area contributed by atoms with Gasteiger partial charge in [0.2, 0.25) is 5.91 Å². The van der Waals surface area contributed by atoms with Crippen LogP contribution in [0.15, 0.2) is 34.5 Å². The first-order valence-electron chi connectivity index (χ1n) is 5.94. The summed E-state index contributed by atoms with van der Waals surface area (Å²) in [5, 5.41) is 2.07. The van der Waals surface area contributed by atoms with E-state index in [1.807, 2.05) is 0 Å². The Morgan fingerprint density at radius 3 is 2.76 bits per heavy atom. The molecule has 0 spiro atoms. The maximum atomic E-state index is 12.4. The van der Waals surface area contributed by atoms with Gasteiger partial charge in [-0.05, 0) is 36.1 Å². The maximum absolute atomic E-state index is 12.4. The number of rotatable bonds is 5. The van der Waals surface area contributed by atoms with Crippen LogP contribution in [-0.2, 0) is 21.2 Å². The molecule has 3 N–H and O–H groups in total. The number of hydrogen-bond acceptors (Lipinski definition) is 4. The number of hydrogen-bond donors (Lipinski definition) is 2. The second-order valence-electron chi connectivity index (χ2n) is 4.37. The molecule has 2 rings (SSSR count). The average molecular weight is 345 g/mol. The maximum Gasteiger partial charge on any atom is 0.262 e. The summed E-state index contributed by atoms with van der Waals surface area (Å²) < 4.78 is 27.3. The summed E-state index contributed by atoms with van der Waals surface area (Å²) in [5.74, 6) is -0.517. The molecule has 0 saturated carbocycles. The van der Waals surface area contributed by atoms with Crippen molar-refractivity contribution in [3.63, 3.8) is 0 Å². The van der Waals surface area contributed by atoms with Gasteiger partial charge in [-0.3, -0.25) is 9.52 Å². The van der Waals surface area contributed by atoms with Gasteiger partial charge in [0.1, 0.15) is 0 Å². The number of benzene rings is 1.